The van der Waals surface area contributed by atoms with Gasteiger partial charge in [0.15, 0.2) is 0 Å². The van der Waals surface area contributed by atoms with Gasteiger partial charge in [-0.15, -0.1) is 11.6 Å². The van der Waals surface area contributed by atoms with E-state index in [-0.39, 0.29) is 30.7 Å². The smallest absolute Gasteiger partial charge is 0.329 e. The van der Waals surface area contributed by atoms with Gasteiger partial charge in [0.1, 0.15) is 17.7 Å². The molecule has 122 valence electrons. The number of hydrogen-bond donors (Lipinski definition) is 2. The van der Waals surface area contributed by atoms with Crippen molar-refractivity contribution < 1.29 is 19.4 Å². The number of phenolic OH excluding ortho intramolecular Hbond substituents is 1. The van der Waals surface area contributed by atoms with Crippen molar-refractivity contribution in [2.45, 2.75) is 25.9 Å². The number of fused-ring (bicyclic) bond motifs is 3. The van der Waals surface area contributed by atoms with E-state index >= 15 is 0 Å². The van der Waals surface area contributed by atoms with Crippen molar-refractivity contribution in [1.29, 1.82) is 0 Å². The highest BCUT2D eigenvalue weighted by molar-refractivity contribution is 6.27. The zero-order valence-electron chi connectivity index (χ0n) is 12.6. The number of aromatic hydroxyl groups is 1. The van der Waals surface area contributed by atoms with Crippen LogP contribution in [0, 0.1) is 0 Å². The molecule has 2 aromatic rings. The zero-order valence-corrected chi connectivity index (χ0v) is 13.4. The van der Waals surface area contributed by atoms with Crippen LogP contribution in [0.25, 0.3) is 10.9 Å². The molecule has 7 heteroatoms. The number of nitrogens with zero attached hydrogens (tertiary/aromatic N) is 1. The van der Waals surface area contributed by atoms with Gasteiger partial charge >= 0.3 is 5.97 Å². The first-order valence-electron chi connectivity index (χ1n) is 7.39. The van der Waals surface area contributed by atoms with Crippen molar-refractivity contribution in [3.8, 4) is 5.75 Å². The predicted octanol–water partition coefficient (Wildman–Crippen LogP) is 1.93. The van der Waals surface area contributed by atoms with Crippen molar-refractivity contribution in [3.63, 3.8) is 0 Å². The summed E-state index contributed by atoms with van der Waals surface area (Å²) >= 11 is 5.67. The number of alkyl halides is 1. The van der Waals surface area contributed by atoms with E-state index in [9.17, 15) is 14.7 Å². The van der Waals surface area contributed by atoms with Crippen LogP contribution < -0.4 is 0 Å². The molecule has 2 heterocycles. The molecule has 1 unspecified atom stereocenters. The first kappa shape index (κ1) is 15.7. The summed E-state index contributed by atoms with van der Waals surface area (Å²) in [5.41, 5.74) is 2.63. The average Bonchev–Trinajstić information content (AvgIpc) is 2.90. The molecule has 1 aliphatic rings. The zero-order chi connectivity index (χ0) is 16.6. The highest BCUT2D eigenvalue weighted by Gasteiger charge is 2.36. The third-order valence-electron chi connectivity index (χ3n) is 4.07. The Bertz CT molecular complexity index is 771. The highest BCUT2D eigenvalue weighted by atomic mass is 35.5. The van der Waals surface area contributed by atoms with E-state index in [1.807, 2.05) is 0 Å². The fourth-order valence-corrected chi connectivity index (χ4v) is 3.18. The molecule has 0 fully saturated rings. The van der Waals surface area contributed by atoms with Crippen LogP contribution in [0.5, 0.6) is 5.75 Å². The van der Waals surface area contributed by atoms with Crippen LogP contribution in [0.3, 0.4) is 0 Å². The summed E-state index contributed by atoms with van der Waals surface area (Å²) in [6.45, 7) is 2.24. The van der Waals surface area contributed by atoms with Gasteiger partial charge in [-0.1, -0.05) is 0 Å². The molecule has 0 saturated carbocycles. The van der Waals surface area contributed by atoms with E-state index < -0.39 is 12.0 Å². The van der Waals surface area contributed by atoms with Crippen molar-refractivity contribution >= 4 is 34.4 Å². The number of aromatic amines is 1. The normalized spacial score (nSPS) is 17.1. The first-order valence-corrected chi connectivity index (χ1v) is 7.93. The van der Waals surface area contributed by atoms with Crippen LogP contribution >= 0.6 is 11.6 Å². The van der Waals surface area contributed by atoms with Crippen molar-refractivity contribution in [3.05, 3.63) is 29.5 Å². The summed E-state index contributed by atoms with van der Waals surface area (Å²) in [4.78, 5) is 29.0. The van der Waals surface area contributed by atoms with Crippen molar-refractivity contribution in [1.82, 2.24) is 9.88 Å². The lowest BCUT2D eigenvalue weighted by atomic mass is 9.96. The van der Waals surface area contributed by atoms with Crippen LogP contribution in [0.2, 0.25) is 0 Å². The Kier molecular flexibility index (Phi) is 4.17. The Morgan fingerprint density at radius 2 is 2.26 bits per heavy atom. The largest absolute Gasteiger partial charge is 0.508 e. The quantitative estimate of drug-likeness (QED) is 0.662. The molecule has 3 rings (SSSR count). The molecule has 1 aromatic carbocycles. The molecule has 2 N–H and O–H groups in total. The Balaban J connectivity index is 2.05. The van der Waals surface area contributed by atoms with E-state index in [4.69, 9.17) is 16.3 Å². The van der Waals surface area contributed by atoms with Crippen LogP contribution in [-0.4, -0.2) is 45.4 Å². The van der Waals surface area contributed by atoms with Gasteiger partial charge in [-0.25, -0.2) is 4.79 Å². The molecule has 1 amide bonds. The number of amides is 1. The summed E-state index contributed by atoms with van der Waals surface area (Å²) in [5, 5.41) is 10.6. The standard InChI is InChI=1S/C16H17ClN2O4/c1-2-23-16(22)14-6-11-10-5-9(20)3-4-12(10)18-13(11)8-19(14)15(21)7-17/h3-5,14,18,20H,2,6-8H2,1H3. The Labute approximate surface area is 138 Å². The number of aromatic nitrogens is 1. The monoisotopic (exact) mass is 336 g/mol. The number of nitrogens with one attached hydrogen (secondary N) is 1. The molecular formula is C16H17ClN2O4. The summed E-state index contributed by atoms with van der Waals surface area (Å²) in [6.07, 6.45) is 0.334. The number of carbonyl (C=O) groups excluding carboxylic acids is 2. The van der Waals surface area contributed by atoms with Crippen molar-refractivity contribution in [2.24, 2.45) is 0 Å². The second kappa shape index (κ2) is 6.12. The van der Waals surface area contributed by atoms with Gasteiger partial charge in [-0.05, 0) is 30.7 Å². The maximum absolute atomic E-state index is 12.2. The van der Waals surface area contributed by atoms with E-state index in [2.05, 4.69) is 4.98 Å². The summed E-state index contributed by atoms with van der Waals surface area (Å²) in [6, 6.07) is 4.33. The van der Waals surface area contributed by atoms with Gasteiger partial charge < -0.3 is 19.7 Å². The molecule has 0 saturated heterocycles. The van der Waals surface area contributed by atoms with Crippen molar-refractivity contribution in [2.75, 3.05) is 12.5 Å². The maximum Gasteiger partial charge on any atom is 0.329 e. The SMILES string of the molecule is CCOC(=O)C1Cc2c([nH]c3ccc(O)cc23)CN1C(=O)CCl. The van der Waals surface area contributed by atoms with Gasteiger partial charge in [-0.2, -0.15) is 0 Å². The number of benzene rings is 1. The summed E-state index contributed by atoms with van der Waals surface area (Å²) < 4.78 is 5.10. The summed E-state index contributed by atoms with van der Waals surface area (Å²) in [7, 11) is 0. The molecule has 0 aliphatic carbocycles. The second-order valence-electron chi connectivity index (χ2n) is 5.44. The van der Waals surface area contributed by atoms with Gasteiger partial charge in [0.05, 0.1) is 13.2 Å². The molecule has 23 heavy (non-hydrogen) atoms. The number of halogens is 1. The van der Waals surface area contributed by atoms with E-state index in [1.165, 1.54) is 4.90 Å². The van der Waals surface area contributed by atoms with Crippen LogP contribution in [-0.2, 0) is 27.3 Å². The van der Waals surface area contributed by atoms with Crippen LogP contribution in [0.1, 0.15) is 18.2 Å². The molecule has 1 atom stereocenters. The molecule has 0 radical (unpaired) electrons. The van der Waals surface area contributed by atoms with Crippen LogP contribution in [0.4, 0.5) is 0 Å². The number of carbonyl (C=O) groups is 2. The minimum atomic E-state index is -0.699. The van der Waals surface area contributed by atoms with Crippen LogP contribution in [0.15, 0.2) is 18.2 Å². The fraction of sp³-hybridized carbons (Fsp3) is 0.375. The lowest BCUT2D eigenvalue weighted by molar-refractivity contribution is -0.155. The van der Waals surface area contributed by atoms with Gasteiger partial charge in [-0.3, -0.25) is 4.79 Å². The number of phenols is 1. The average molecular weight is 337 g/mol. The Morgan fingerprint density at radius 1 is 1.48 bits per heavy atom. The van der Waals surface area contributed by atoms with E-state index in [0.29, 0.717) is 6.42 Å². The minimum Gasteiger partial charge on any atom is -0.508 e. The Hall–Kier alpha value is -2.21. The number of rotatable bonds is 3. The fourth-order valence-electron chi connectivity index (χ4n) is 3.03. The lowest BCUT2D eigenvalue weighted by Crippen LogP contribution is -2.49. The topological polar surface area (TPSA) is 82.6 Å². The predicted molar refractivity (Wildman–Crippen MR) is 85.4 cm³/mol. The third kappa shape index (κ3) is 2.74. The number of ether oxygens (including phenoxy) is 1. The molecule has 1 aromatic heterocycles. The first-order chi connectivity index (χ1) is 11.0. The van der Waals surface area contributed by atoms with Gasteiger partial charge in [0, 0.05) is 23.0 Å². The molecule has 0 bridgehead atoms. The van der Waals surface area contributed by atoms with Gasteiger partial charge in [0.25, 0.3) is 0 Å². The van der Waals surface area contributed by atoms with Gasteiger partial charge in [0.2, 0.25) is 5.91 Å². The number of hydrogen-bond acceptors (Lipinski definition) is 4. The molecule has 0 spiro atoms. The number of esters is 1. The van der Waals surface area contributed by atoms with E-state index in [0.717, 1.165) is 22.2 Å². The van der Waals surface area contributed by atoms with E-state index in [1.54, 1.807) is 25.1 Å². The minimum absolute atomic E-state index is 0.159. The molecule has 1 aliphatic heterocycles. The lowest BCUT2D eigenvalue weighted by Gasteiger charge is -2.33. The maximum atomic E-state index is 12.2. The highest BCUT2D eigenvalue weighted by Crippen LogP contribution is 2.32. The Morgan fingerprint density at radius 3 is 2.96 bits per heavy atom. The number of H-pyrrole nitrogens is 1. The second-order valence-corrected chi connectivity index (χ2v) is 5.71. The molecular weight excluding hydrogens is 320 g/mol. The summed E-state index contributed by atoms with van der Waals surface area (Å²) in [5.74, 6) is -0.777. The third-order valence-corrected chi connectivity index (χ3v) is 4.30. The molecule has 6 nitrogen and oxygen atoms in total.